The number of carbonyl (C=O) groups excluding carboxylic acids is 3. The van der Waals surface area contributed by atoms with Gasteiger partial charge in [0.25, 0.3) is 11.8 Å². The number of hydrogen-bond acceptors (Lipinski definition) is 5. The van der Waals surface area contributed by atoms with Crippen molar-refractivity contribution in [3.05, 3.63) is 36.4 Å². The first kappa shape index (κ1) is 16.2. The zero-order valence-electron chi connectivity index (χ0n) is 13.9. The van der Waals surface area contributed by atoms with Gasteiger partial charge in [-0.25, -0.2) is 4.79 Å². The summed E-state index contributed by atoms with van der Waals surface area (Å²) in [5.41, 5.74) is 0.900. The molecule has 2 unspecified atom stereocenters. The first-order valence-electron chi connectivity index (χ1n) is 8.48. The molecule has 0 aromatic carbocycles. The average Bonchev–Trinajstić information content (AvgIpc) is 3.26. The number of nitrogens with one attached hydrogen (secondary N) is 4. The van der Waals surface area contributed by atoms with Crippen LogP contribution in [0.15, 0.2) is 30.7 Å². The zero-order valence-corrected chi connectivity index (χ0v) is 13.9. The van der Waals surface area contributed by atoms with Gasteiger partial charge in [-0.3, -0.25) is 25.0 Å². The van der Waals surface area contributed by atoms with Gasteiger partial charge in [0, 0.05) is 23.5 Å². The van der Waals surface area contributed by atoms with Crippen LogP contribution < -0.4 is 16.0 Å². The molecule has 2 aliphatic rings. The third-order valence-electron chi connectivity index (χ3n) is 5.01. The number of hydrogen-bond donors (Lipinski definition) is 4. The molecule has 1 aliphatic heterocycles. The molecule has 134 valence electrons. The molecule has 4 rings (SSSR count). The van der Waals surface area contributed by atoms with E-state index < -0.39 is 17.6 Å². The molecule has 1 aliphatic carbocycles. The Balaban J connectivity index is 1.51. The minimum Gasteiger partial charge on any atom is -0.345 e. The van der Waals surface area contributed by atoms with Gasteiger partial charge >= 0.3 is 6.03 Å². The largest absolute Gasteiger partial charge is 0.345 e. The van der Waals surface area contributed by atoms with Gasteiger partial charge in [-0.2, -0.15) is 5.10 Å². The van der Waals surface area contributed by atoms with E-state index in [1.165, 1.54) is 0 Å². The summed E-state index contributed by atoms with van der Waals surface area (Å²) in [4.78, 5) is 40.7. The maximum atomic E-state index is 12.6. The lowest BCUT2D eigenvalue weighted by atomic mass is 9.77. The molecule has 1 saturated carbocycles. The van der Waals surface area contributed by atoms with E-state index in [0.717, 1.165) is 24.0 Å². The van der Waals surface area contributed by atoms with Gasteiger partial charge in [-0.15, -0.1) is 0 Å². The fourth-order valence-corrected chi connectivity index (χ4v) is 3.63. The Labute approximate surface area is 149 Å². The average molecular weight is 354 g/mol. The molecule has 2 fully saturated rings. The first-order chi connectivity index (χ1) is 12.6. The Bertz CT molecular complexity index is 848. The number of rotatable bonds is 3. The molecular weight excluding hydrogens is 336 g/mol. The van der Waals surface area contributed by atoms with E-state index in [1.54, 1.807) is 30.7 Å². The van der Waals surface area contributed by atoms with E-state index in [1.807, 2.05) is 0 Å². The van der Waals surface area contributed by atoms with Crippen LogP contribution in [-0.2, 0) is 4.79 Å². The smallest absolute Gasteiger partial charge is 0.322 e. The maximum absolute atomic E-state index is 12.6. The summed E-state index contributed by atoms with van der Waals surface area (Å²) in [7, 11) is 0. The summed E-state index contributed by atoms with van der Waals surface area (Å²) < 4.78 is 0. The summed E-state index contributed by atoms with van der Waals surface area (Å²) in [6.07, 6.45) is 7.82. The lowest BCUT2D eigenvalue weighted by molar-refractivity contribution is -0.125. The van der Waals surface area contributed by atoms with Gasteiger partial charge < -0.3 is 10.6 Å². The molecule has 2 aromatic heterocycles. The van der Waals surface area contributed by atoms with Crippen molar-refractivity contribution in [2.24, 2.45) is 0 Å². The molecule has 4 amide bonds. The zero-order chi connectivity index (χ0) is 18.1. The Morgan fingerprint density at radius 2 is 2.08 bits per heavy atom. The van der Waals surface area contributed by atoms with Crippen LogP contribution in [0.5, 0.6) is 0 Å². The van der Waals surface area contributed by atoms with E-state index >= 15 is 0 Å². The van der Waals surface area contributed by atoms with Crippen LogP contribution in [0.4, 0.5) is 4.79 Å². The summed E-state index contributed by atoms with van der Waals surface area (Å²) in [6, 6.07) is 2.43. The van der Waals surface area contributed by atoms with E-state index in [4.69, 9.17) is 0 Å². The predicted octanol–water partition coefficient (Wildman–Crippen LogP) is 0.722. The van der Waals surface area contributed by atoms with Crippen molar-refractivity contribution in [2.45, 2.75) is 37.3 Å². The number of nitrogens with zero attached hydrogens (tertiary/aromatic N) is 2. The van der Waals surface area contributed by atoms with Gasteiger partial charge in [0.2, 0.25) is 0 Å². The van der Waals surface area contributed by atoms with E-state index in [2.05, 4.69) is 31.1 Å². The van der Waals surface area contributed by atoms with Crippen molar-refractivity contribution in [1.29, 1.82) is 0 Å². The second-order valence-electron chi connectivity index (χ2n) is 6.57. The molecule has 1 saturated heterocycles. The number of H-pyrrole nitrogens is 1. The molecule has 2 aromatic rings. The monoisotopic (exact) mass is 354 g/mol. The van der Waals surface area contributed by atoms with E-state index in [9.17, 15) is 14.4 Å². The number of amides is 4. The molecule has 9 nitrogen and oxygen atoms in total. The van der Waals surface area contributed by atoms with Gasteiger partial charge in [0.05, 0.1) is 12.2 Å². The van der Waals surface area contributed by atoms with Crippen molar-refractivity contribution in [3.63, 3.8) is 0 Å². The van der Waals surface area contributed by atoms with Crippen molar-refractivity contribution in [2.75, 3.05) is 0 Å². The van der Waals surface area contributed by atoms with Gasteiger partial charge in [0.1, 0.15) is 11.2 Å². The third kappa shape index (κ3) is 2.71. The van der Waals surface area contributed by atoms with Crippen LogP contribution in [0.2, 0.25) is 0 Å². The summed E-state index contributed by atoms with van der Waals surface area (Å²) in [6.45, 7) is 0. The van der Waals surface area contributed by atoms with Crippen LogP contribution in [-0.4, -0.2) is 44.6 Å². The molecule has 4 N–H and O–H groups in total. The van der Waals surface area contributed by atoms with Gasteiger partial charge in [0.15, 0.2) is 0 Å². The number of urea groups is 1. The lowest BCUT2D eigenvalue weighted by Gasteiger charge is -2.38. The minimum atomic E-state index is -1.07. The highest BCUT2D eigenvalue weighted by molar-refractivity contribution is 6.08. The first-order valence-corrected chi connectivity index (χ1v) is 8.48. The quantitative estimate of drug-likeness (QED) is 0.604. The topological polar surface area (TPSA) is 129 Å². The molecule has 0 radical (unpaired) electrons. The molecular formula is C17H18N6O3. The maximum Gasteiger partial charge on any atom is 0.322 e. The van der Waals surface area contributed by atoms with Crippen LogP contribution in [0, 0.1) is 0 Å². The van der Waals surface area contributed by atoms with Crippen molar-refractivity contribution >= 4 is 17.8 Å². The van der Waals surface area contributed by atoms with E-state index in [0.29, 0.717) is 12.8 Å². The fourth-order valence-electron chi connectivity index (χ4n) is 3.63. The fraction of sp³-hybridized carbons (Fsp3) is 0.353. The highest BCUT2D eigenvalue weighted by atomic mass is 16.2. The minimum absolute atomic E-state index is 0.253. The Kier molecular flexibility index (Phi) is 3.90. The van der Waals surface area contributed by atoms with Gasteiger partial charge in [-0.1, -0.05) is 18.9 Å². The van der Waals surface area contributed by atoms with Crippen LogP contribution >= 0.6 is 0 Å². The van der Waals surface area contributed by atoms with Crippen LogP contribution in [0.1, 0.15) is 36.2 Å². The Hall–Kier alpha value is -3.23. The highest BCUT2D eigenvalue weighted by Gasteiger charge is 2.53. The Morgan fingerprint density at radius 1 is 1.19 bits per heavy atom. The van der Waals surface area contributed by atoms with E-state index in [-0.39, 0.29) is 17.5 Å². The van der Waals surface area contributed by atoms with Crippen molar-refractivity contribution in [3.8, 4) is 11.1 Å². The molecule has 2 atom stereocenters. The van der Waals surface area contributed by atoms with Gasteiger partial charge in [-0.05, 0) is 18.9 Å². The SMILES string of the molecule is O=C1NC(=O)C2(CCCCC2NC(=O)c2ccc(-c3cn[nH]c3)cn2)N1. The summed E-state index contributed by atoms with van der Waals surface area (Å²) in [5.74, 6) is -0.750. The standard InChI is InChI=1S/C17H18N6O3/c24-14(12-5-4-10(7-18-12)11-8-19-20-9-11)21-13-3-1-2-6-17(13)15(25)22-16(26)23-17/h4-5,7-9,13H,1-3,6H2,(H,19,20)(H,21,24)(H2,22,23,25,26). The number of carbonyl (C=O) groups is 3. The normalized spacial score (nSPS) is 25.0. The third-order valence-corrected chi connectivity index (χ3v) is 5.01. The molecule has 3 heterocycles. The molecule has 1 spiro atoms. The van der Waals surface area contributed by atoms with Crippen LogP contribution in [0.3, 0.4) is 0 Å². The Morgan fingerprint density at radius 3 is 2.73 bits per heavy atom. The number of aromatic amines is 1. The second-order valence-corrected chi connectivity index (χ2v) is 6.57. The highest BCUT2D eigenvalue weighted by Crippen LogP contribution is 2.31. The number of pyridine rings is 1. The molecule has 26 heavy (non-hydrogen) atoms. The second kappa shape index (κ2) is 6.25. The summed E-state index contributed by atoms with van der Waals surface area (Å²) >= 11 is 0. The van der Waals surface area contributed by atoms with Crippen molar-refractivity contribution < 1.29 is 14.4 Å². The molecule has 0 bridgehead atoms. The lowest BCUT2D eigenvalue weighted by Crippen LogP contribution is -2.63. The van der Waals surface area contributed by atoms with Crippen LogP contribution in [0.25, 0.3) is 11.1 Å². The predicted molar refractivity (Wildman–Crippen MR) is 90.9 cm³/mol. The number of aromatic nitrogens is 3. The molecule has 9 heteroatoms. The number of imide groups is 1. The van der Waals surface area contributed by atoms with Crippen molar-refractivity contribution in [1.82, 2.24) is 31.1 Å². The summed E-state index contributed by atoms with van der Waals surface area (Å²) in [5, 5.41) is 14.5.